The molecular weight excluding hydrogens is 424 g/mol. The van der Waals surface area contributed by atoms with E-state index >= 15 is 0 Å². The zero-order chi connectivity index (χ0) is 23.9. The van der Waals surface area contributed by atoms with Gasteiger partial charge in [-0.3, -0.25) is 0 Å². The maximum absolute atomic E-state index is 4.84. The molecule has 0 spiro atoms. The molecule has 1 aliphatic rings. The van der Waals surface area contributed by atoms with Gasteiger partial charge in [0.2, 0.25) is 5.95 Å². The number of unbranched alkanes of at least 4 members (excludes halogenated alkanes) is 1. The molecule has 4 rings (SSSR count). The third-order valence-corrected chi connectivity index (χ3v) is 6.21. The lowest BCUT2D eigenvalue weighted by Crippen LogP contribution is -2.44. The summed E-state index contributed by atoms with van der Waals surface area (Å²) in [5, 5.41) is 12.6. The van der Waals surface area contributed by atoms with Gasteiger partial charge in [0, 0.05) is 55.5 Å². The summed E-state index contributed by atoms with van der Waals surface area (Å²) in [5.41, 5.74) is 6.18. The van der Waals surface area contributed by atoms with E-state index in [0.717, 1.165) is 80.2 Å². The molecule has 2 aromatic heterocycles. The number of nitrogens with one attached hydrogen (secondary N) is 1. The molecule has 3 heterocycles. The van der Waals surface area contributed by atoms with Crippen molar-refractivity contribution in [2.45, 2.75) is 46.5 Å². The lowest BCUT2D eigenvalue weighted by Gasteiger charge is -2.34. The van der Waals surface area contributed by atoms with Gasteiger partial charge in [0.1, 0.15) is 0 Å². The van der Waals surface area contributed by atoms with Gasteiger partial charge in [-0.1, -0.05) is 20.3 Å². The van der Waals surface area contributed by atoms with Crippen LogP contribution in [-0.2, 0) is 6.42 Å². The van der Waals surface area contributed by atoms with Gasteiger partial charge in [0.15, 0.2) is 0 Å². The fourth-order valence-electron chi connectivity index (χ4n) is 4.18. The average Bonchev–Trinajstić information content (AvgIpc) is 3.17. The van der Waals surface area contributed by atoms with Crippen molar-refractivity contribution in [3.8, 4) is 11.3 Å². The van der Waals surface area contributed by atoms with E-state index < -0.39 is 0 Å². The molecule has 1 N–H and O–H groups in total. The van der Waals surface area contributed by atoms with Crippen LogP contribution in [0.4, 0.5) is 17.3 Å². The van der Waals surface area contributed by atoms with Crippen molar-refractivity contribution in [3.63, 3.8) is 0 Å². The number of aryl methyl sites for hydroxylation is 1. The molecule has 8 heteroatoms. The van der Waals surface area contributed by atoms with E-state index in [2.05, 4.69) is 77.3 Å². The molecule has 180 valence electrons. The quantitative estimate of drug-likeness (QED) is 0.465. The Kier molecular flexibility index (Phi) is 7.90. The van der Waals surface area contributed by atoms with Crippen LogP contribution in [0.25, 0.3) is 11.3 Å². The van der Waals surface area contributed by atoms with Crippen LogP contribution >= 0.6 is 0 Å². The van der Waals surface area contributed by atoms with E-state index in [0.29, 0.717) is 5.95 Å². The van der Waals surface area contributed by atoms with Crippen LogP contribution in [0.1, 0.15) is 44.5 Å². The second kappa shape index (κ2) is 11.2. The highest BCUT2D eigenvalue weighted by Gasteiger charge is 2.18. The maximum Gasteiger partial charge on any atom is 0.227 e. The zero-order valence-electron chi connectivity index (χ0n) is 20.8. The Hall–Kier alpha value is -3.26. The minimum Gasteiger partial charge on any atom is -0.369 e. The maximum atomic E-state index is 4.84. The number of nitrogens with zero attached hydrogens (tertiary/aromatic N) is 7. The highest BCUT2D eigenvalue weighted by atomic mass is 15.5. The Morgan fingerprint density at radius 3 is 2.53 bits per heavy atom. The van der Waals surface area contributed by atoms with E-state index in [-0.39, 0.29) is 0 Å². The van der Waals surface area contributed by atoms with Gasteiger partial charge in [-0.25, -0.2) is 9.97 Å². The van der Waals surface area contributed by atoms with Crippen LogP contribution in [0.2, 0.25) is 0 Å². The van der Waals surface area contributed by atoms with Crippen molar-refractivity contribution in [1.29, 1.82) is 0 Å². The Bertz CT molecular complexity index is 1090. The second-order valence-electron chi connectivity index (χ2n) is 8.83. The van der Waals surface area contributed by atoms with Crippen LogP contribution < -0.4 is 10.2 Å². The second-order valence-corrected chi connectivity index (χ2v) is 8.83. The summed E-state index contributed by atoms with van der Waals surface area (Å²) < 4.78 is 0. The number of rotatable bonds is 9. The van der Waals surface area contributed by atoms with Gasteiger partial charge in [-0.2, -0.15) is 15.0 Å². The number of aromatic nitrogens is 4. The standard InChI is InChI=1S/C26H36N8/c1-5-7-8-24-25(20(3)34(31-24)28-14-6-2)23-13-15-27-26(30-23)29-21-9-11-22(12-10-21)33-18-16-32(4)17-19-33/h9-15H,5-8,16-19H2,1-4H3,(H,27,29,30)/b28-14-. The molecule has 1 saturated heterocycles. The molecule has 0 aliphatic carbocycles. The Labute approximate surface area is 202 Å². The molecule has 1 aromatic carbocycles. The predicted octanol–water partition coefficient (Wildman–Crippen LogP) is 4.73. The lowest BCUT2D eigenvalue weighted by atomic mass is 10.1. The van der Waals surface area contributed by atoms with E-state index in [1.54, 1.807) is 11.0 Å². The van der Waals surface area contributed by atoms with Gasteiger partial charge >= 0.3 is 0 Å². The van der Waals surface area contributed by atoms with E-state index in [9.17, 15) is 0 Å². The SMILES string of the molecule is CC/C=N\n1nc(CCCC)c(-c2ccnc(Nc3ccc(N4CCN(C)CC4)cc3)n2)c1C. The number of benzene rings is 1. The first kappa shape index (κ1) is 23.9. The topological polar surface area (TPSA) is 74.5 Å². The summed E-state index contributed by atoms with van der Waals surface area (Å²) in [6.45, 7) is 10.6. The fourth-order valence-corrected chi connectivity index (χ4v) is 4.18. The van der Waals surface area contributed by atoms with Crippen molar-refractivity contribution >= 4 is 23.5 Å². The monoisotopic (exact) mass is 460 g/mol. The predicted molar refractivity (Wildman–Crippen MR) is 140 cm³/mol. The molecule has 0 saturated carbocycles. The third kappa shape index (κ3) is 5.62. The smallest absolute Gasteiger partial charge is 0.227 e. The summed E-state index contributed by atoms with van der Waals surface area (Å²) in [7, 11) is 2.18. The Morgan fingerprint density at radius 2 is 1.82 bits per heavy atom. The van der Waals surface area contributed by atoms with Gasteiger partial charge in [0.05, 0.1) is 17.1 Å². The van der Waals surface area contributed by atoms with Gasteiger partial charge in [-0.15, -0.1) is 0 Å². The molecule has 3 aromatic rings. The Balaban J connectivity index is 1.54. The largest absolute Gasteiger partial charge is 0.369 e. The first-order valence-corrected chi connectivity index (χ1v) is 12.3. The Morgan fingerprint density at radius 1 is 1.06 bits per heavy atom. The van der Waals surface area contributed by atoms with Crippen molar-refractivity contribution < 1.29 is 0 Å². The number of piperazine rings is 1. The van der Waals surface area contributed by atoms with Crippen LogP contribution in [0.3, 0.4) is 0 Å². The number of hydrogen-bond acceptors (Lipinski definition) is 7. The normalized spacial score (nSPS) is 14.8. The molecule has 0 amide bonds. The van der Waals surface area contributed by atoms with E-state index in [4.69, 9.17) is 10.1 Å². The molecule has 1 aliphatic heterocycles. The van der Waals surface area contributed by atoms with Crippen LogP contribution in [0.5, 0.6) is 0 Å². The highest BCUT2D eigenvalue weighted by Crippen LogP contribution is 2.28. The molecule has 1 fully saturated rings. The van der Waals surface area contributed by atoms with Crippen LogP contribution in [0, 0.1) is 6.92 Å². The third-order valence-electron chi connectivity index (χ3n) is 6.21. The minimum absolute atomic E-state index is 0.579. The molecule has 0 atom stereocenters. The van der Waals surface area contributed by atoms with Crippen molar-refractivity contribution in [2.75, 3.05) is 43.4 Å². The molecule has 0 unspecified atom stereocenters. The zero-order valence-corrected chi connectivity index (χ0v) is 20.8. The van der Waals surface area contributed by atoms with Gasteiger partial charge in [-0.05, 0) is 63.6 Å². The average molecular weight is 461 g/mol. The summed E-state index contributed by atoms with van der Waals surface area (Å²) in [6.07, 6.45) is 7.65. The molecular formula is C26H36N8. The van der Waals surface area contributed by atoms with Gasteiger partial charge < -0.3 is 15.1 Å². The van der Waals surface area contributed by atoms with Gasteiger partial charge in [0.25, 0.3) is 0 Å². The van der Waals surface area contributed by atoms with Crippen molar-refractivity contribution in [2.24, 2.45) is 5.10 Å². The summed E-state index contributed by atoms with van der Waals surface area (Å²) >= 11 is 0. The first-order chi connectivity index (χ1) is 16.6. The van der Waals surface area contributed by atoms with Crippen molar-refractivity contribution in [3.05, 3.63) is 47.9 Å². The number of hydrogen-bond donors (Lipinski definition) is 1. The van der Waals surface area contributed by atoms with Crippen LogP contribution in [-0.4, -0.2) is 64.2 Å². The molecule has 8 nitrogen and oxygen atoms in total. The van der Waals surface area contributed by atoms with Crippen molar-refractivity contribution in [1.82, 2.24) is 24.8 Å². The summed E-state index contributed by atoms with van der Waals surface area (Å²) in [6, 6.07) is 10.5. The van der Waals surface area contributed by atoms with Crippen LogP contribution in [0.15, 0.2) is 41.6 Å². The number of anilines is 3. The summed E-state index contributed by atoms with van der Waals surface area (Å²) in [4.78, 5) is 15.8. The molecule has 0 radical (unpaired) electrons. The molecule has 0 bridgehead atoms. The minimum atomic E-state index is 0.579. The first-order valence-electron chi connectivity index (χ1n) is 12.3. The fraction of sp³-hybridized carbons (Fsp3) is 0.462. The highest BCUT2D eigenvalue weighted by molar-refractivity contribution is 5.68. The summed E-state index contributed by atoms with van der Waals surface area (Å²) in [5.74, 6) is 0.579. The number of likely N-dealkylation sites (N-methyl/N-ethyl adjacent to an activating group) is 1. The lowest BCUT2D eigenvalue weighted by molar-refractivity contribution is 0.313. The van der Waals surface area contributed by atoms with E-state index in [1.165, 1.54) is 5.69 Å². The van der Waals surface area contributed by atoms with E-state index in [1.807, 2.05) is 12.3 Å². The molecule has 34 heavy (non-hydrogen) atoms.